The molecule has 0 aliphatic heterocycles. The van der Waals surface area contributed by atoms with Crippen LogP contribution < -0.4 is 10.6 Å². The zero-order chi connectivity index (χ0) is 14.3. The van der Waals surface area contributed by atoms with Gasteiger partial charge in [0.05, 0.1) is 0 Å². The summed E-state index contributed by atoms with van der Waals surface area (Å²) < 4.78 is 0. The third-order valence-corrected chi connectivity index (χ3v) is 2.45. The summed E-state index contributed by atoms with van der Waals surface area (Å²) in [7, 11) is 1.54. The van der Waals surface area contributed by atoms with E-state index in [4.69, 9.17) is 5.11 Å². The van der Waals surface area contributed by atoms with Gasteiger partial charge in [-0.05, 0) is 30.7 Å². The Balaban J connectivity index is 2.46. The van der Waals surface area contributed by atoms with Crippen molar-refractivity contribution in [2.24, 2.45) is 0 Å². The number of carbonyl (C=O) groups is 3. The van der Waals surface area contributed by atoms with Gasteiger partial charge in [0.15, 0.2) is 0 Å². The number of rotatable bonds is 6. The molecule has 0 heterocycles. The van der Waals surface area contributed by atoms with Crippen molar-refractivity contribution in [3.63, 3.8) is 0 Å². The third-order valence-electron chi connectivity index (χ3n) is 2.45. The van der Waals surface area contributed by atoms with Crippen LogP contribution in [-0.4, -0.2) is 29.9 Å². The SMILES string of the molecule is CNC(=O)c1ccc(NC(=O)CCCC(=O)O)cc1. The van der Waals surface area contributed by atoms with E-state index < -0.39 is 5.97 Å². The monoisotopic (exact) mass is 264 g/mol. The number of nitrogens with one attached hydrogen (secondary N) is 2. The molecule has 0 saturated carbocycles. The first-order valence-electron chi connectivity index (χ1n) is 5.86. The number of carbonyl (C=O) groups excluding carboxylic acids is 2. The van der Waals surface area contributed by atoms with Crippen molar-refractivity contribution in [1.29, 1.82) is 0 Å². The van der Waals surface area contributed by atoms with Crippen LogP contribution in [0.25, 0.3) is 0 Å². The summed E-state index contributed by atoms with van der Waals surface area (Å²) in [4.78, 5) is 33.1. The second-order valence-electron chi connectivity index (χ2n) is 3.95. The highest BCUT2D eigenvalue weighted by Crippen LogP contribution is 2.10. The molecule has 6 nitrogen and oxygen atoms in total. The molecule has 1 rings (SSSR count). The predicted octanol–water partition coefficient (Wildman–Crippen LogP) is 1.24. The molecular weight excluding hydrogens is 248 g/mol. The number of anilines is 1. The van der Waals surface area contributed by atoms with E-state index in [2.05, 4.69) is 10.6 Å². The van der Waals surface area contributed by atoms with Gasteiger partial charge in [-0.15, -0.1) is 0 Å². The Hall–Kier alpha value is -2.37. The number of amides is 2. The molecule has 1 aromatic rings. The summed E-state index contributed by atoms with van der Waals surface area (Å²) in [5.74, 6) is -1.35. The Kier molecular flexibility index (Phi) is 5.53. The van der Waals surface area contributed by atoms with E-state index in [1.54, 1.807) is 31.3 Å². The largest absolute Gasteiger partial charge is 0.481 e. The standard InChI is InChI=1S/C13H16N2O4/c1-14-13(19)9-5-7-10(8-6-9)15-11(16)3-2-4-12(17)18/h5-8H,2-4H2,1H3,(H,14,19)(H,15,16)(H,17,18). The van der Waals surface area contributed by atoms with E-state index >= 15 is 0 Å². The molecular formula is C13H16N2O4. The van der Waals surface area contributed by atoms with Crippen molar-refractivity contribution in [1.82, 2.24) is 5.32 Å². The molecule has 0 aromatic heterocycles. The van der Waals surface area contributed by atoms with Crippen LogP contribution in [0.5, 0.6) is 0 Å². The normalized spacial score (nSPS) is 9.74. The van der Waals surface area contributed by atoms with E-state index in [0.29, 0.717) is 17.7 Å². The Labute approximate surface area is 110 Å². The van der Waals surface area contributed by atoms with Crippen LogP contribution in [0, 0.1) is 0 Å². The van der Waals surface area contributed by atoms with Crippen molar-refractivity contribution < 1.29 is 19.5 Å². The first kappa shape index (κ1) is 14.7. The molecule has 0 aliphatic rings. The summed E-state index contributed by atoms with van der Waals surface area (Å²) >= 11 is 0. The lowest BCUT2D eigenvalue weighted by molar-refractivity contribution is -0.137. The van der Waals surface area contributed by atoms with E-state index in [9.17, 15) is 14.4 Å². The van der Waals surface area contributed by atoms with Crippen molar-refractivity contribution in [3.05, 3.63) is 29.8 Å². The maximum Gasteiger partial charge on any atom is 0.303 e. The molecule has 0 aliphatic carbocycles. The fraction of sp³-hybridized carbons (Fsp3) is 0.308. The van der Waals surface area contributed by atoms with Gasteiger partial charge in [0.2, 0.25) is 5.91 Å². The highest BCUT2D eigenvalue weighted by molar-refractivity contribution is 5.95. The van der Waals surface area contributed by atoms with Gasteiger partial charge in [-0.3, -0.25) is 14.4 Å². The van der Waals surface area contributed by atoms with Gasteiger partial charge >= 0.3 is 5.97 Å². The topological polar surface area (TPSA) is 95.5 Å². The molecule has 0 fully saturated rings. The molecule has 19 heavy (non-hydrogen) atoms. The van der Waals surface area contributed by atoms with Gasteiger partial charge in [0.1, 0.15) is 0 Å². The van der Waals surface area contributed by atoms with Crippen LogP contribution in [0.3, 0.4) is 0 Å². The maximum absolute atomic E-state index is 11.5. The minimum absolute atomic E-state index is 0.0248. The first-order valence-corrected chi connectivity index (χ1v) is 5.86. The molecule has 102 valence electrons. The molecule has 0 bridgehead atoms. The number of aliphatic carboxylic acids is 1. The summed E-state index contributed by atoms with van der Waals surface area (Å²) in [6.45, 7) is 0. The number of benzene rings is 1. The summed E-state index contributed by atoms with van der Waals surface area (Å²) in [5.41, 5.74) is 1.08. The van der Waals surface area contributed by atoms with Crippen molar-refractivity contribution >= 4 is 23.5 Å². The maximum atomic E-state index is 11.5. The average molecular weight is 264 g/mol. The summed E-state index contributed by atoms with van der Waals surface area (Å²) in [6.07, 6.45) is 0.435. The number of hydrogen-bond acceptors (Lipinski definition) is 3. The van der Waals surface area contributed by atoms with E-state index in [1.165, 1.54) is 0 Å². The Morgan fingerprint density at radius 2 is 1.74 bits per heavy atom. The van der Waals surface area contributed by atoms with E-state index in [0.717, 1.165) is 0 Å². The van der Waals surface area contributed by atoms with E-state index in [-0.39, 0.29) is 24.7 Å². The molecule has 0 unspecified atom stereocenters. The third kappa shape index (κ3) is 5.20. The molecule has 3 N–H and O–H groups in total. The van der Waals surface area contributed by atoms with E-state index in [1.807, 2.05) is 0 Å². The molecule has 1 aromatic carbocycles. The van der Waals surface area contributed by atoms with Crippen molar-refractivity contribution in [2.45, 2.75) is 19.3 Å². The minimum Gasteiger partial charge on any atom is -0.481 e. The minimum atomic E-state index is -0.914. The highest BCUT2D eigenvalue weighted by atomic mass is 16.4. The number of carboxylic acid groups (broad SMARTS) is 1. The van der Waals surface area contributed by atoms with Gasteiger partial charge in [0, 0.05) is 31.1 Å². The molecule has 0 radical (unpaired) electrons. The van der Waals surface area contributed by atoms with Crippen molar-refractivity contribution in [3.8, 4) is 0 Å². The van der Waals surface area contributed by atoms with Crippen LogP contribution in [0.15, 0.2) is 24.3 Å². The molecule has 6 heteroatoms. The predicted molar refractivity (Wildman–Crippen MR) is 69.9 cm³/mol. The lowest BCUT2D eigenvalue weighted by Crippen LogP contribution is -2.17. The lowest BCUT2D eigenvalue weighted by atomic mass is 10.2. The zero-order valence-corrected chi connectivity index (χ0v) is 10.6. The quantitative estimate of drug-likeness (QED) is 0.720. The van der Waals surface area contributed by atoms with Gasteiger partial charge in [-0.25, -0.2) is 0 Å². The second kappa shape index (κ2) is 7.15. The zero-order valence-electron chi connectivity index (χ0n) is 10.6. The average Bonchev–Trinajstić information content (AvgIpc) is 2.38. The first-order chi connectivity index (χ1) is 9.02. The number of carboxylic acids is 1. The Morgan fingerprint density at radius 1 is 1.11 bits per heavy atom. The molecule has 0 spiro atoms. The summed E-state index contributed by atoms with van der Waals surface area (Å²) in [5, 5.41) is 13.6. The van der Waals surface area contributed by atoms with Crippen LogP contribution in [0.1, 0.15) is 29.6 Å². The van der Waals surface area contributed by atoms with Gasteiger partial charge < -0.3 is 15.7 Å². The fourth-order valence-corrected chi connectivity index (χ4v) is 1.47. The smallest absolute Gasteiger partial charge is 0.303 e. The number of hydrogen-bond donors (Lipinski definition) is 3. The van der Waals surface area contributed by atoms with Gasteiger partial charge in [-0.1, -0.05) is 0 Å². The molecule has 0 saturated heterocycles. The van der Waals surface area contributed by atoms with Crippen LogP contribution in [-0.2, 0) is 9.59 Å². The van der Waals surface area contributed by atoms with Crippen LogP contribution in [0.4, 0.5) is 5.69 Å². The molecule has 2 amide bonds. The van der Waals surface area contributed by atoms with Crippen molar-refractivity contribution in [2.75, 3.05) is 12.4 Å². The fourth-order valence-electron chi connectivity index (χ4n) is 1.47. The second-order valence-corrected chi connectivity index (χ2v) is 3.95. The Bertz CT molecular complexity index is 468. The van der Waals surface area contributed by atoms with Gasteiger partial charge in [-0.2, -0.15) is 0 Å². The highest BCUT2D eigenvalue weighted by Gasteiger charge is 2.06. The van der Waals surface area contributed by atoms with Crippen LogP contribution in [0.2, 0.25) is 0 Å². The molecule has 0 atom stereocenters. The lowest BCUT2D eigenvalue weighted by Gasteiger charge is -2.05. The Morgan fingerprint density at radius 3 is 2.26 bits per heavy atom. The van der Waals surface area contributed by atoms with Crippen LogP contribution >= 0.6 is 0 Å². The summed E-state index contributed by atoms with van der Waals surface area (Å²) in [6, 6.07) is 6.46. The van der Waals surface area contributed by atoms with Gasteiger partial charge in [0.25, 0.3) is 5.91 Å².